The van der Waals surface area contributed by atoms with Crippen LogP contribution in [0.25, 0.3) is 0 Å². The van der Waals surface area contributed by atoms with Gasteiger partial charge in [0.1, 0.15) is 13.2 Å². The van der Waals surface area contributed by atoms with E-state index in [2.05, 4.69) is 48.1 Å². The van der Waals surface area contributed by atoms with Crippen LogP contribution in [0.2, 0.25) is 0 Å². The van der Waals surface area contributed by atoms with E-state index in [1.54, 1.807) is 0 Å². The van der Waals surface area contributed by atoms with E-state index in [4.69, 9.17) is 4.74 Å². The highest BCUT2D eigenvalue weighted by Crippen LogP contribution is 2.21. The third-order valence-corrected chi connectivity index (χ3v) is 5.86. The standard InChI is InChI=1S/C22H42N4O3/c1-17-9-18(2)12-25(11-17)7-5-23-21(27)15-29-16-22(28)24-6-8-26-13-19(3)10-20(4)14-26/h17-20H,5-16H2,1-4H3,(H,23,27)(H,24,28). The molecule has 4 atom stereocenters. The zero-order valence-corrected chi connectivity index (χ0v) is 18.9. The van der Waals surface area contributed by atoms with Gasteiger partial charge in [-0.3, -0.25) is 9.59 Å². The lowest BCUT2D eigenvalue weighted by atomic mass is 9.92. The highest BCUT2D eigenvalue weighted by molar-refractivity contribution is 5.79. The van der Waals surface area contributed by atoms with Crippen molar-refractivity contribution < 1.29 is 14.3 Å². The summed E-state index contributed by atoms with van der Waals surface area (Å²) < 4.78 is 5.26. The largest absolute Gasteiger partial charge is 0.362 e. The van der Waals surface area contributed by atoms with Gasteiger partial charge in [-0.25, -0.2) is 0 Å². The molecule has 0 bridgehead atoms. The van der Waals surface area contributed by atoms with Crippen LogP contribution in [-0.2, 0) is 14.3 Å². The molecule has 7 heteroatoms. The van der Waals surface area contributed by atoms with E-state index in [1.165, 1.54) is 12.8 Å². The number of rotatable bonds is 10. The molecular weight excluding hydrogens is 368 g/mol. The zero-order valence-electron chi connectivity index (χ0n) is 18.9. The molecule has 0 aromatic carbocycles. The maximum Gasteiger partial charge on any atom is 0.246 e. The number of amides is 2. The molecule has 0 spiro atoms. The van der Waals surface area contributed by atoms with Crippen LogP contribution in [0.3, 0.4) is 0 Å². The Kier molecular flexibility index (Phi) is 10.4. The van der Waals surface area contributed by atoms with E-state index < -0.39 is 0 Å². The van der Waals surface area contributed by atoms with E-state index in [-0.39, 0.29) is 25.0 Å². The minimum atomic E-state index is -0.160. The van der Waals surface area contributed by atoms with Crippen molar-refractivity contribution in [1.29, 1.82) is 0 Å². The third kappa shape index (κ3) is 9.92. The molecule has 168 valence electrons. The Labute approximate surface area is 176 Å². The van der Waals surface area contributed by atoms with E-state index in [0.29, 0.717) is 13.1 Å². The zero-order chi connectivity index (χ0) is 21.2. The van der Waals surface area contributed by atoms with Crippen molar-refractivity contribution in [3.8, 4) is 0 Å². The van der Waals surface area contributed by atoms with Crippen molar-refractivity contribution >= 4 is 11.8 Å². The van der Waals surface area contributed by atoms with E-state index in [9.17, 15) is 9.59 Å². The Morgan fingerprint density at radius 2 is 1.07 bits per heavy atom. The van der Waals surface area contributed by atoms with Gasteiger partial charge in [-0.05, 0) is 36.5 Å². The summed E-state index contributed by atoms with van der Waals surface area (Å²) in [5.74, 6) is 2.56. The lowest BCUT2D eigenvalue weighted by molar-refractivity contribution is -0.131. The molecule has 2 fully saturated rings. The average Bonchev–Trinajstić information content (AvgIpc) is 2.60. The van der Waals surface area contributed by atoms with Crippen LogP contribution in [0.4, 0.5) is 0 Å². The second-order valence-corrected chi connectivity index (χ2v) is 9.60. The number of nitrogens with one attached hydrogen (secondary N) is 2. The molecule has 0 aromatic heterocycles. The Bertz CT molecular complexity index is 452. The second-order valence-electron chi connectivity index (χ2n) is 9.60. The van der Waals surface area contributed by atoms with E-state index in [1.807, 2.05) is 0 Å². The van der Waals surface area contributed by atoms with Gasteiger partial charge in [-0.2, -0.15) is 0 Å². The van der Waals surface area contributed by atoms with Crippen molar-refractivity contribution in [1.82, 2.24) is 20.4 Å². The van der Waals surface area contributed by atoms with Crippen LogP contribution in [0, 0.1) is 23.7 Å². The summed E-state index contributed by atoms with van der Waals surface area (Å²) in [4.78, 5) is 28.6. The number of likely N-dealkylation sites (tertiary alicyclic amines) is 2. The lowest BCUT2D eigenvalue weighted by Crippen LogP contribution is -2.44. The van der Waals surface area contributed by atoms with Crippen molar-refractivity contribution in [3.63, 3.8) is 0 Å². The summed E-state index contributed by atoms with van der Waals surface area (Å²) >= 11 is 0. The van der Waals surface area contributed by atoms with Gasteiger partial charge in [-0.15, -0.1) is 0 Å². The monoisotopic (exact) mass is 410 g/mol. The van der Waals surface area contributed by atoms with Crippen LogP contribution in [-0.4, -0.2) is 87.2 Å². The summed E-state index contributed by atoms with van der Waals surface area (Å²) in [6, 6.07) is 0. The predicted octanol–water partition coefficient (Wildman–Crippen LogP) is 1.19. The predicted molar refractivity (Wildman–Crippen MR) is 116 cm³/mol. The van der Waals surface area contributed by atoms with Crippen LogP contribution in [0.1, 0.15) is 40.5 Å². The molecule has 0 aliphatic carbocycles. The minimum Gasteiger partial charge on any atom is -0.362 e. The molecule has 29 heavy (non-hydrogen) atoms. The molecule has 2 heterocycles. The van der Waals surface area contributed by atoms with Gasteiger partial charge in [-0.1, -0.05) is 27.7 Å². The SMILES string of the molecule is CC1CC(C)CN(CCNC(=O)COCC(=O)NCCN2CC(C)CC(C)C2)C1. The molecule has 2 amide bonds. The number of carbonyl (C=O) groups excluding carboxylic acids is 2. The molecule has 0 aromatic rings. The van der Waals surface area contributed by atoms with Gasteiger partial charge in [0.15, 0.2) is 0 Å². The third-order valence-electron chi connectivity index (χ3n) is 5.86. The summed E-state index contributed by atoms with van der Waals surface area (Å²) in [5, 5.41) is 5.77. The molecule has 0 radical (unpaired) electrons. The highest BCUT2D eigenvalue weighted by Gasteiger charge is 2.22. The first-order valence-electron chi connectivity index (χ1n) is 11.4. The minimum absolute atomic E-state index is 0.0681. The normalized spacial score (nSPS) is 28.8. The highest BCUT2D eigenvalue weighted by atomic mass is 16.5. The van der Waals surface area contributed by atoms with Gasteiger partial charge < -0.3 is 25.2 Å². The first-order valence-corrected chi connectivity index (χ1v) is 11.4. The first-order chi connectivity index (χ1) is 13.8. The van der Waals surface area contributed by atoms with Gasteiger partial charge >= 0.3 is 0 Å². The van der Waals surface area contributed by atoms with Crippen LogP contribution in [0.5, 0.6) is 0 Å². The summed E-state index contributed by atoms with van der Waals surface area (Å²) in [7, 11) is 0. The Hall–Kier alpha value is -1.18. The number of hydrogen-bond donors (Lipinski definition) is 2. The number of hydrogen-bond acceptors (Lipinski definition) is 5. The topological polar surface area (TPSA) is 73.9 Å². The van der Waals surface area contributed by atoms with E-state index >= 15 is 0 Å². The van der Waals surface area contributed by atoms with Crippen LogP contribution < -0.4 is 10.6 Å². The molecule has 2 aliphatic heterocycles. The fourth-order valence-corrected chi connectivity index (χ4v) is 4.99. The Morgan fingerprint density at radius 1 is 0.724 bits per heavy atom. The molecule has 0 saturated carbocycles. The maximum atomic E-state index is 11.9. The quantitative estimate of drug-likeness (QED) is 0.566. The fraction of sp³-hybridized carbons (Fsp3) is 0.909. The molecule has 2 aliphatic rings. The van der Waals surface area contributed by atoms with Crippen molar-refractivity contribution in [2.75, 3.05) is 65.6 Å². The lowest BCUT2D eigenvalue weighted by Gasteiger charge is -2.34. The molecule has 4 unspecified atom stereocenters. The summed E-state index contributed by atoms with van der Waals surface area (Å²) in [6.07, 6.45) is 2.57. The summed E-state index contributed by atoms with van der Waals surface area (Å²) in [6.45, 7) is 16.4. The number of nitrogens with zero attached hydrogens (tertiary/aromatic N) is 2. The van der Waals surface area contributed by atoms with E-state index in [0.717, 1.165) is 62.9 Å². The van der Waals surface area contributed by atoms with Gasteiger partial charge in [0.25, 0.3) is 0 Å². The van der Waals surface area contributed by atoms with Crippen LogP contribution in [0.15, 0.2) is 0 Å². The summed E-state index contributed by atoms with van der Waals surface area (Å²) in [5.41, 5.74) is 0. The Morgan fingerprint density at radius 3 is 1.41 bits per heavy atom. The molecule has 2 N–H and O–H groups in total. The fourth-order valence-electron chi connectivity index (χ4n) is 4.99. The number of carbonyl (C=O) groups is 2. The average molecular weight is 411 g/mol. The molecular formula is C22H42N4O3. The van der Waals surface area contributed by atoms with Crippen LogP contribution >= 0.6 is 0 Å². The molecule has 7 nitrogen and oxygen atoms in total. The van der Waals surface area contributed by atoms with Crippen molar-refractivity contribution in [2.24, 2.45) is 23.7 Å². The first kappa shape index (κ1) is 24.1. The number of ether oxygens (including phenoxy) is 1. The van der Waals surface area contributed by atoms with Gasteiger partial charge in [0.2, 0.25) is 11.8 Å². The molecule has 2 rings (SSSR count). The van der Waals surface area contributed by atoms with Crippen molar-refractivity contribution in [2.45, 2.75) is 40.5 Å². The van der Waals surface area contributed by atoms with Crippen molar-refractivity contribution in [3.05, 3.63) is 0 Å². The number of piperidine rings is 2. The second kappa shape index (κ2) is 12.5. The maximum absolute atomic E-state index is 11.9. The Balaban J connectivity index is 1.47. The van der Waals surface area contributed by atoms with Gasteiger partial charge in [0, 0.05) is 52.4 Å². The van der Waals surface area contributed by atoms with Gasteiger partial charge in [0.05, 0.1) is 0 Å². The smallest absolute Gasteiger partial charge is 0.246 e. The molecule has 2 saturated heterocycles.